The highest BCUT2D eigenvalue weighted by Crippen LogP contribution is 2.37. The van der Waals surface area contributed by atoms with Crippen molar-refractivity contribution in [1.82, 2.24) is 3.97 Å². The Morgan fingerprint density at radius 1 is 1.13 bits per heavy atom. The number of guanidine groups is 1. The monoisotopic (exact) mass is 429 g/mol. The molecule has 0 bridgehead atoms. The zero-order valence-electron chi connectivity index (χ0n) is 16.1. The second-order valence-electron chi connectivity index (χ2n) is 6.97. The van der Waals surface area contributed by atoms with Gasteiger partial charge in [-0.2, -0.15) is 5.10 Å². The number of benzene rings is 2. The SMILES string of the molecule is COc1ccc(S(=O)(=O)n2cc(/C(=N/N=C(N)N)C3CC3)c3ccc(F)cc32)cc1. The van der Waals surface area contributed by atoms with Gasteiger partial charge in [0.2, 0.25) is 5.96 Å². The number of fused-ring (bicyclic) bond motifs is 1. The molecule has 156 valence electrons. The molecule has 8 nitrogen and oxygen atoms in total. The van der Waals surface area contributed by atoms with E-state index in [0.717, 1.165) is 16.8 Å². The van der Waals surface area contributed by atoms with Crippen molar-refractivity contribution in [1.29, 1.82) is 0 Å². The van der Waals surface area contributed by atoms with Crippen molar-refractivity contribution >= 4 is 32.6 Å². The van der Waals surface area contributed by atoms with Gasteiger partial charge in [-0.25, -0.2) is 16.8 Å². The van der Waals surface area contributed by atoms with Crippen molar-refractivity contribution < 1.29 is 17.5 Å². The first-order valence-corrected chi connectivity index (χ1v) is 10.6. The molecule has 0 aliphatic heterocycles. The Kier molecular flexibility index (Phi) is 4.94. The number of nitrogens with two attached hydrogens (primary N) is 2. The lowest BCUT2D eigenvalue weighted by Gasteiger charge is -2.08. The first kappa shape index (κ1) is 19.9. The molecule has 1 aliphatic rings. The fourth-order valence-electron chi connectivity index (χ4n) is 3.26. The Balaban J connectivity index is 1.93. The largest absolute Gasteiger partial charge is 0.497 e. The van der Waals surface area contributed by atoms with Crippen LogP contribution in [0.4, 0.5) is 4.39 Å². The number of rotatable bonds is 6. The zero-order chi connectivity index (χ0) is 21.5. The maximum atomic E-state index is 14.0. The summed E-state index contributed by atoms with van der Waals surface area (Å²) in [5, 5.41) is 8.45. The van der Waals surface area contributed by atoms with Crippen molar-refractivity contribution in [2.24, 2.45) is 27.6 Å². The Morgan fingerprint density at radius 2 is 1.83 bits per heavy atom. The summed E-state index contributed by atoms with van der Waals surface area (Å²) in [6.45, 7) is 0. The van der Waals surface area contributed by atoms with Crippen LogP contribution in [-0.2, 0) is 10.0 Å². The number of hydrogen-bond donors (Lipinski definition) is 2. The van der Waals surface area contributed by atoms with Crippen LogP contribution in [0, 0.1) is 11.7 Å². The van der Waals surface area contributed by atoms with E-state index in [0.29, 0.717) is 22.4 Å². The average molecular weight is 429 g/mol. The first-order chi connectivity index (χ1) is 14.3. The van der Waals surface area contributed by atoms with Crippen LogP contribution in [0.25, 0.3) is 10.9 Å². The molecule has 2 aromatic carbocycles. The molecular formula is C20H20FN5O3S. The molecule has 1 aliphatic carbocycles. The van der Waals surface area contributed by atoms with Crippen molar-refractivity contribution in [3.63, 3.8) is 0 Å². The molecule has 0 spiro atoms. The molecule has 0 atom stereocenters. The third kappa shape index (κ3) is 3.61. The normalized spacial score (nSPS) is 14.7. The second-order valence-corrected chi connectivity index (χ2v) is 8.78. The van der Waals surface area contributed by atoms with Gasteiger partial charge in [-0.1, -0.05) is 0 Å². The molecule has 4 N–H and O–H groups in total. The van der Waals surface area contributed by atoms with E-state index in [1.54, 1.807) is 12.1 Å². The van der Waals surface area contributed by atoms with Crippen LogP contribution in [-0.4, -0.2) is 31.2 Å². The predicted molar refractivity (Wildman–Crippen MR) is 113 cm³/mol. The molecular weight excluding hydrogens is 409 g/mol. The lowest BCUT2D eigenvalue weighted by atomic mass is 10.1. The van der Waals surface area contributed by atoms with Crippen LogP contribution >= 0.6 is 0 Å². The van der Waals surface area contributed by atoms with E-state index in [-0.39, 0.29) is 22.3 Å². The van der Waals surface area contributed by atoms with Crippen molar-refractivity contribution in [3.05, 3.63) is 60.0 Å². The second kappa shape index (κ2) is 7.45. The summed E-state index contributed by atoms with van der Waals surface area (Å²) in [6.07, 6.45) is 3.22. The highest BCUT2D eigenvalue weighted by molar-refractivity contribution is 7.90. The number of hydrogen-bond acceptors (Lipinski definition) is 5. The van der Waals surface area contributed by atoms with Crippen LogP contribution in [0.5, 0.6) is 5.75 Å². The van der Waals surface area contributed by atoms with Crippen LogP contribution in [0.1, 0.15) is 18.4 Å². The van der Waals surface area contributed by atoms with Crippen LogP contribution in [0.2, 0.25) is 0 Å². The molecule has 4 rings (SSSR count). The molecule has 1 saturated carbocycles. The molecule has 0 saturated heterocycles. The van der Waals surface area contributed by atoms with Gasteiger partial charge in [0.15, 0.2) is 0 Å². The highest BCUT2D eigenvalue weighted by atomic mass is 32.2. The van der Waals surface area contributed by atoms with E-state index in [4.69, 9.17) is 16.2 Å². The maximum absolute atomic E-state index is 14.0. The summed E-state index contributed by atoms with van der Waals surface area (Å²) in [5.74, 6) is -0.111. The highest BCUT2D eigenvalue weighted by Gasteiger charge is 2.32. The minimum Gasteiger partial charge on any atom is -0.497 e. The zero-order valence-corrected chi connectivity index (χ0v) is 16.9. The third-order valence-corrected chi connectivity index (χ3v) is 6.55. The van der Waals surface area contributed by atoms with Crippen LogP contribution in [0.15, 0.2) is 63.8 Å². The van der Waals surface area contributed by atoms with Crippen LogP contribution in [0.3, 0.4) is 0 Å². The Labute approximate surface area is 172 Å². The van der Waals surface area contributed by atoms with Gasteiger partial charge < -0.3 is 16.2 Å². The third-order valence-electron chi connectivity index (χ3n) is 4.86. The maximum Gasteiger partial charge on any atom is 0.268 e. The van der Waals surface area contributed by atoms with E-state index < -0.39 is 15.8 Å². The standard InChI is InChI=1S/C20H20FN5O3S/c1-29-14-5-7-15(8-6-14)30(27,28)26-11-17(16-9-4-13(21)10-18(16)26)19(12-2-3-12)24-25-20(22)23/h4-12H,2-3H2,1H3,(H4,22,23,25)/b24-19+. The topological polar surface area (TPSA) is 125 Å². The van der Waals surface area contributed by atoms with Gasteiger partial charge in [-0.05, 0) is 55.3 Å². The molecule has 1 fully saturated rings. The predicted octanol–water partition coefficient (Wildman–Crippen LogP) is 2.41. The summed E-state index contributed by atoms with van der Waals surface area (Å²) in [6, 6.07) is 9.98. The minimum absolute atomic E-state index is 0.0464. The minimum atomic E-state index is -4.00. The summed E-state index contributed by atoms with van der Waals surface area (Å²) in [4.78, 5) is 0.0464. The molecule has 0 amide bonds. The molecule has 30 heavy (non-hydrogen) atoms. The number of nitrogens with zero attached hydrogens (tertiary/aromatic N) is 3. The number of methoxy groups -OCH3 is 1. The van der Waals surface area contributed by atoms with E-state index in [2.05, 4.69) is 10.2 Å². The van der Waals surface area contributed by atoms with Crippen molar-refractivity contribution in [3.8, 4) is 5.75 Å². The van der Waals surface area contributed by atoms with E-state index in [1.165, 1.54) is 43.6 Å². The quantitative estimate of drug-likeness (QED) is 0.354. The van der Waals surface area contributed by atoms with Gasteiger partial charge in [0.05, 0.1) is 23.2 Å². The van der Waals surface area contributed by atoms with Crippen molar-refractivity contribution in [2.45, 2.75) is 17.7 Å². The molecule has 1 heterocycles. The molecule has 0 unspecified atom stereocenters. The van der Waals surface area contributed by atoms with Gasteiger partial charge in [-0.3, -0.25) is 0 Å². The average Bonchev–Trinajstić information content (AvgIpc) is 3.49. The fraction of sp³-hybridized carbons (Fsp3) is 0.200. The summed E-state index contributed by atoms with van der Waals surface area (Å²) < 4.78 is 46.9. The van der Waals surface area contributed by atoms with Crippen LogP contribution < -0.4 is 16.2 Å². The van der Waals surface area contributed by atoms with Crippen molar-refractivity contribution in [2.75, 3.05) is 7.11 Å². The summed E-state index contributed by atoms with van der Waals surface area (Å²) in [7, 11) is -2.51. The molecule has 3 aromatic rings. The Bertz CT molecular complexity index is 1270. The number of ether oxygens (including phenoxy) is 1. The van der Waals surface area contributed by atoms with Gasteiger partial charge in [-0.15, -0.1) is 5.10 Å². The first-order valence-electron chi connectivity index (χ1n) is 9.18. The van der Waals surface area contributed by atoms with Gasteiger partial charge in [0, 0.05) is 23.1 Å². The van der Waals surface area contributed by atoms with Gasteiger partial charge in [0.25, 0.3) is 10.0 Å². The lowest BCUT2D eigenvalue weighted by molar-refractivity contribution is 0.414. The van der Waals surface area contributed by atoms with E-state index >= 15 is 0 Å². The van der Waals surface area contributed by atoms with Gasteiger partial charge >= 0.3 is 0 Å². The molecule has 1 aromatic heterocycles. The Morgan fingerprint density at radius 3 is 2.43 bits per heavy atom. The molecule has 10 heteroatoms. The van der Waals surface area contributed by atoms with E-state index in [9.17, 15) is 12.8 Å². The smallest absolute Gasteiger partial charge is 0.268 e. The van der Waals surface area contributed by atoms with Gasteiger partial charge in [0.1, 0.15) is 11.6 Å². The summed E-state index contributed by atoms with van der Waals surface area (Å²) >= 11 is 0. The number of aromatic nitrogens is 1. The lowest BCUT2D eigenvalue weighted by Crippen LogP contribution is -2.22. The molecule has 0 radical (unpaired) electrons. The fourth-order valence-corrected chi connectivity index (χ4v) is 4.62. The Hall–Kier alpha value is -3.40. The summed E-state index contributed by atoms with van der Waals surface area (Å²) in [5.41, 5.74) is 12.1. The number of halogens is 1. The van der Waals surface area contributed by atoms with E-state index in [1.807, 2.05) is 0 Å².